The molecule has 0 fully saturated rings. The Hall–Kier alpha value is -3.98. The summed E-state index contributed by atoms with van der Waals surface area (Å²) in [5.41, 5.74) is 2.24. The Labute approximate surface area is 230 Å². The number of alkyl halides is 6. The zero-order chi connectivity index (χ0) is 29.8. The third-order valence-electron chi connectivity index (χ3n) is 6.50. The molecule has 10 nitrogen and oxygen atoms in total. The Bertz CT molecular complexity index is 1540. The molecule has 16 heteroatoms. The lowest BCUT2D eigenvalue weighted by Gasteiger charge is -2.10. The average molecular weight is 586 g/mol. The molecule has 0 saturated carbocycles. The maximum atomic E-state index is 13.4. The first-order chi connectivity index (χ1) is 19.4. The smallest absolute Gasteiger partial charge is 0.369 e. The van der Waals surface area contributed by atoms with Gasteiger partial charge in [0, 0.05) is 12.6 Å². The molecular formula is C25H29F6N9O. The van der Waals surface area contributed by atoms with E-state index in [1.54, 1.807) is 0 Å². The van der Waals surface area contributed by atoms with Crippen LogP contribution in [0.4, 0.5) is 32.3 Å². The Balaban J connectivity index is 1.57. The fourth-order valence-corrected chi connectivity index (χ4v) is 4.38. The van der Waals surface area contributed by atoms with E-state index in [0.717, 1.165) is 42.7 Å². The first-order valence-electron chi connectivity index (χ1n) is 13.2. The quantitative estimate of drug-likeness (QED) is 0.175. The van der Waals surface area contributed by atoms with Crippen LogP contribution in [0.15, 0.2) is 29.2 Å². The number of aromatic nitrogens is 8. The Kier molecular flexibility index (Phi) is 8.97. The van der Waals surface area contributed by atoms with E-state index in [0.29, 0.717) is 24.4 Å². The second-order valence-electron chi connectivity index (χ2n) is 9.66. The van der Waals surface area contributed by atoms with Gasteiger partial charge >= 0.3 is 12.4 Å². The van der Waals surface area contributed by atoms with Gasteiger partial charge in [-0.25, -0.2) is 14.6 Å². The summed E-state index contributed by atoms with van der Waals surface area (Å²) in [4.78, 5) is 19.3. The third kappa shape index (κ3) is 7.21. The first kappa shape index (κ1) is 30.0. The summed E-state index contributed by atoms with van der Waals surface area (Å²) in [5, 5.41) is 12.6. The van der Waals surface area contributed by atoms with Crippen LogP contribution in [0.5, 0.6) is 0 Å². The van der Waals surface area contributed by atoms with Gasteiger partial charge in [-0.2, -0.15) is 36.1 Å². The lowest BCUT2D eigenvalue weighted by atomic mass is 10.1. The normalized spacial score (nSPS) is 12.5. The van der Waals surface area contributed by atoms with Gasteiger partial charge in [0.1, 0.15) is 11.4 Å². The second-order valence-corrected chi connectivity index (χ2v) is 9.66. The van der Waals surface area contributed by atoms with Crippen molar-refractivity contribution < 1.29 is 26.3 Å². The lowest BCUT2D eigenvalue weighted by molar-refractivity contribution is -0.141. The van der Waals surface area contributed by atoms with Crippen LogP contribution in [0.1, 0.15) is 75.4 Å². The molecule has 0 atom stereocenters. The highest BCUT2D eigenvalue weighted by Crippen LogP contribution is 2.31. The zero-order valence-electron chi connectivity index (χ0n) is 22.2. The monoisotopic (exact) mass is 585 g/mol. The summed E-state index contributed by atoms with van der Waals surface area (Å²) < 4.78 is 82.4. The number of hydrogen-bond donors (Lipinski definition) is 1. The van der Waals surface area contributed by atoms with E-state index in [-0.39, 0.29) is 23.7 Å². The summed E-state index contributed by atoms with van der Waals surface area (Å²) in [6, 6.07) is 2.42. The molecule has 0 saturated heterocycles. The van der Waals surface area contributed by atoms with E-state index in [1.165, 1.54) is 34.5 Å². The lowest BCUT2D eigenvalue weighted by Crippen LogP contribution is -2.27. The zero-order valence-corrected chi connectivity index (χ0v) is 22.2. The van der Waals surface area contributed by atoms with Crippen LogP contribution in [0.25, 0.3) is 16.9 Å². The fraction of sp³-hybridized carbons (Fsp3) is 0.520. The number of anilines is 1. The van der Waals surface area contributed by atoms with E-state index < -0.39 is 35.2 Å². The Morgan fingerprint density at radius 2 is 1.54 bits per heavy atom. The number of nitrogen functional groups attached to an aromatic ring is 1. The van der Waals surface area contributed by atoms with Gasteiger partial charge in [0.05, 0.1) is 18.1 Å². The van der Waals surface area contributed by atoms with Crippen LogP contribution >= 0.6 is 0 Å². The van der Waals surface area contributed by atoms with Crippen molar-refractivity contribution in [2.45, 2.75) is 83.7 Å². The SMILES string of the molecule is CCCCCCCCCCn1nc(-n2cc(Cn3c(N)nc(C(F)(F)F)cc3=O)nn2)c2ccc(C(F)(F)F)nc21. The van der Waals surface area contributed by atoms with Gasteiger partial charge in [-0.1, -0.05) is 57.1 Å². The van der Waals surface area contributed by atoms with Gasteiger partial charge in [-0.15, -0.1) is 5.10 Å². The molecule has 0 aromatic carbocycles. The van der Waals surface area contributed by atoms with Crippen molar-refractivity contribution in [1.29, 1.82) is 0 Å². The predicted molar refractivity (Wildman–Crippen MR) is 137 cm³/mol. The molecule has 0 amide bonds. The van der Waals surface area contributed by atoms with Gasteiger partial charge in [0.15, 0.2) is 17.2 Å². The summed E-state index contributed by atoms with van der Waals surface area (Å²) in [6.07, 6.45) is 0.214. The van der Waals surface area contributed by atoms with Crippen molar-refractivity contribution in [3.05, 3.63) is 51.8 Å². The molecular weight excluding hydrogens is 556 g/mol. The van der Waals surface area contributed by atoms with Crippen molar-refractivity contribution in [3.8, 4) is 5.82 Å². The number of rotatable bonds is 12. The maximum Gasteiger partial charge on any atom is 0.433 e. The van der Waals surface area contributed by atoms with Gasteiger partial charge in [0.2, 0.25) is 5.95 Å². The second kappa shape index (κ2) is 12.3. The van der Waals surface area contributed by atoms with Crippen LogP contribution in [0.3, 0.4) is 0 Å². The van der Waals surface area contributed by atoms with Crippen molar-refractivity contribution in [2.75, 3.05) is 5.73 Å². The number of unbranched alkanes of at least 4 members (excludes halogenated alkanes) is 7. The van der Waals surface area contributed by atoms with E-state index in [4.69, 9.17) is 5.73 Å². The van der Waals surface area contributed by atoms with Gasteiger partial charge < -0.3 is 5.73 Å². The molecule has 0 radical (unpaired) electrons. The van der Waals surface area contributed by atoms with Crippen molar-refractivity contribution >= 4 is 17.0 Å². The maximum absolute atomic E-state index is 13.4. The average Bonchev–Trinajstić information content (AvgIpc) is 3.51. The number of aryl methyl sites for hydroxylation is 1. The van der Waals surface area contributed by atoms with Crippen molar-refractivity contribution in [3.63, 3.8) is 0 Å². The molecule has 41 heavy (non-hydrogen) atoms. The number of nitrogens with zero attached hydrogens (tertiary/aromatic N) is 8. The van der Waals surface area contributed by atoms with Crippen molar-refractivity contribution in [2.24, 2.45) is 0 Å². The summed E-state index contributed by atoms with van der Waals surface area (Å²) in [6.45, 7) is 2.14. The predicted octanol–water partition coefficient (Wildman–Crippen LogP) is 5.38. The topological polar surface area (TPSA) is 122 Å². The number of nitrogens with two attached hydrogens (primary N) is 1. The molecule has 222 valence electrons. The Morgan fingerprint density at radius 3 is 2.17 bits per heavy atom. The molecule has 0 bridgehead atoms. The molecule has 0 unspecified atom stereocenters. The summed E-state index contributed by atoms with van der Waals surface area (Å²) >= 11 is 0. The summed E-state index contributed by atoms with van der Waals surface area (Å²) in [5.74, 6) is -0.506. The minimum absolute atomic E-state index is 0.0298. The van der Waals surface area contributed by atoms with Crippen LogP contribution in [0, 0.1) is 0 Å². The van der Waals surface area contributed by atoms with E-state index in [9.17, 15) is 31.1 Å². The highest BCUT2D eigenvalue weighted by atomic mass is 19.4. The molecule has 4 rings (SSSR count). The summed E-state index contributed by atoms with van der Waals surface area (Å²) in [7, 11) is 0. The highest BCUT2D eigenvalue weighted by molar-refractivity contribution is 5.83. The highest BCUT2D eigenvalue weighted by Gasteiger charge is 2.34. The minimum atomic E-state index is -4.84. The van der Waals surface area contributed by atoms with Crippen molar-refractivity contribution in [1.82, 2.24) is 39.3 Å². The number of fused-ring (bicyclic) bond motifs is 1. The molecule has 4 aromatic heterocycles. The largest absolute Gasteiger partial charge is 0.433 e. The van der Waals surface area contributed by atoms with E-state index >= 15 is 0 Å². The third-order valence-corrected chi connectivity index (χ3v) is 6.50. The molecule has 2 N–H and O–H groups in total. The molecule has 0 spiro atoms. The molecule has 4 heterocycles. The van der Waals surface area contributed by atoms with Crippen LogP contribution in [0.2, 0.25) is 0 Å². The number of halogens is 6. The molecule has 4 aromatic rings. The molecule has 0 aliphatic heterocycles. The van der Waals surface area contributed by atoms with Gasteiger partial charge in [-0.3, -0.25) is 9.36 Å². The molecule has 0 aliphatic rings. The van der Waals surface area contributed by atoms with Crippen LogP contribution < -0.4 is 11.3 Å². The number of hydrogen-bond acceptors (Lipinski definition) is 7. The number of pyridine rings is 1. The van der Waals surface area contributed by atoms with Gasteiger partial charge in [-0.05, 0) is 18.6 Å². The standard InChI is InChI=1S/C25H29F6N9O/c1-2-3-4-5-6-7-8-9-12-39-21-17(10-11-18(33-21)24(26,27)28)22(36-39)40-15-16(35-37-40)14-38-20(41)13-19(25(29,30)31)34-23(38)32/h10-11,13,15H,2-9,12,14H2,1H3,(H2,32,34). The van der Waals surface area contributed by atoms with E-state index in [1.807, 2.05) is 0 Å². The molecule has 0 aliphatic carbocycles. The minimum Gasteiger partial charge on any atom is -0.369 e. The van der Waals surface area contributed by atoms with Gasteiger partial charge in [0.25, 0.3) is 5.56 Å². The van der Waals surface area contributed by atoms with E-state index in [2.05, 4.69) is 32.3 Å². The first-order valence-corrected chi connectivity index (χ1v) is 13.2. The van der Waals surface area contributed by atoms with Crippen LogP contribution in [-0.4, -0.2) is 39.3 Å². The van der Waals surface area contributed by atoms with Crippen LogP contribution in [-0.2, 0) is 25.4 Å². The Morgan fingerprint density at radius 1 is 0.878 bits per heavy atom. The fourth-order valence-electron chi connectivity index (χ4n) is 4.38.